The molecule has 2 heterocycles. The zero-order valence-electron chi connectivity index (χ0n) is 13.8. The van der Waals surface area contributed by atoms with Crippen LogP contribution in [-0.2, 0) is 0 Å². The molecule has 0 amide bonds. The number of hydrogen-bond donors (Lipinski definition) is 0. The fourth-order valence-corrected chi connectivity index (χ4v) is 2.95. The van der Waals surface area contributed by atoms with Crippen LogP contribution in [-0.4, -0.2) is 33.0 Å². The quantitative estimate of drug-likeness (QED) is 0.537. The van der Waals surface area contributed by atoms with E-state index in [1.165, 1.54) is 16.8 Å². The van der Waals surface area contributed by atoms with E-state index in [1.807, 2.05) is 0 Å². The van der Waals surface area contributed by atoms with E-state index in [4.69, 9.17) is 16.3 Å². The molecule has 0 bridgehead atoms. The molecule has 0 unspecified atom stereocenters. The molecule has 0 aliphatic carbocycles. The molecule has 0 atom stereocenters. The molecule has 0 aliphatic heterocycles. The van der Waals surface area contributed by atoms with Crippen LogP contribution in [0.25, 0.3) is 21.9 Å². The molecule has 2 aromatic carbocycles. The van der Waals surface area contributed by atoms with Gasteiger partial charge in [-0.2, -0.15) is 9.78 Å². The Bertz CT molecular complexity index is 1170. The van der Waals surface area contributed by atoms with Gasteiger partial charge in [0.15, 0.2) is 0 Å². The highest BCUT2D eigenvalue weighted by Crippen LogP contribution is 2.28. The first-order chi connectivity index (χ1) is 12.5. The lowest BCUT2D eigenvalue weighted by Crippen LogP contribution is -2.14. The number of carbonyl (C=O) groups is 1. The average Bonchev–Trinajstić information content (AvgIpc) is 2.99. The number of fused-ring (bicyclic) bond motifs is 3. The fourth-order valence-electron chi connectivity index (χ4n) is 2.80. The number of ether oxygens (including phenoxy) is 1. The van der Waals surface area contributed by atoms with Crippen molar-refractivity contribution in [3.8, 4) is 5.75 Å². The smallest absolute Gasteiger partial charge is 0.278 e. The molecule has 8 heteroatoms. The van der Waals surface area contributed by atoms with Gasteiger partial charge in [-0.15, -0.1) is 10.2 Å². The molecule has 0 aliphatic rings. The minimum absolute atomic E-state index is 0.0598. The number of methoxy groups -OCH3 is 1. The van der Waals surface area contributed by atoms with Gasteiger partial charge in [-0.3, -0.25) is 4.79 Å². The van der Waals surface area contributed by atoms with E-state index < -0.39 is 5.82 Å². The third-order valence-corrected chi connectivity index (χ3v) is 4.40. The summed E-state index contributed by atoms with van der Waals surface area (Å²) >= 11 is 5.83. The van der Waals surface area contributed by atoms with Crippen LogP contribution in [0.5, 0.6) is 5.75 Å². The number of nitrogens with zero attached hydrogens (tertiary/aromatic N) is 4. The predicted octanol–water partition coefficient (Wildman–Crippen LogP) is 3.78. The van der Waals surface area contributed by atoms with Crippen molar-refractivity contribution < 1.29 is 13.9 Å². The van der Waals surface area contributed by atoms with Crippen molar-refractivity contribution in [2.75, 3.05) is 7.11 Å². The SMILES string of the molecule is COc1ccc(C(=O)n2nc(C)c3nnc4cc(Cl)c(F)cc4c32)cc1. The highest BCUT2D eigenvalue weighted by atomic mass is 35.5. The Morgan fingerprint density at radius 1 is 1.19 bits per heavy atom. The monoisotopic (exact) mass is 370 g/mol. The second-order valence-electron chi connectivity index (χ2n) is 5.71. The standard InChI is InChI=1S/C18H12ClFN4O2/c1-9-16-17(12-7-14(20)13(19)8-15(12)21-22-16)24(23-9)18(25)10-3-5-11(26-2)6-4-10/h3-8H,1-2H3. The van der Waals surface area contributed by atoms with E-state index in [1.54, 1.807) is 38.3 Å². The van der Waals surface area contributed by atoms with Gasteiger partial charge in [0.25, 0.3) is 5.91 Å². The molecule has 6 nitrogen and oxygen atoms in total. The molecular formula is C18H12ClFN4O2. The van der Waals surface area contributed by atoms with Crippen LogP contribution in [0.2, 0.25) is 5.02 Å². The lowest BCUT2D eigenvalue weighted by Gasteiger charge is -2.06. The molecule has 4 aromatic rings. The van der Waals surface area contributed by atoms with E-state index in [0.29, 0.717) is 38.9 Å². The number of hydrogen-bond acceptors (Lipinski definition) is 5. The number of rotatable bonds is 2. The maximum atomic E-state index is 14.0. The summed E-state index contributed by atoms with van der Waals surface area (Å²) in [6.45, 7) is 1.72. The average molecular weight is 371 g/mol. The van der Waals surface area contributed by atoms with E-state index in [2.05, 4.69) is 15.3 Å². The van der Waals surface area contributed by atoms with Crippen LogP contribution in [0.4, 0.5) is 4.39 Å². The summed E-state index contributed by atoms with van der Waals surface area (Å²) in [5.41, 5.74) is 2.14. The van der Waals surface area contributed by atoms with Gasteiger partial charge in [0.05, 0.1) is 23.3 Å². The number of aromatic nitrogens is 4. The molecule has 130 valence electrons. The maximum Gasteiger partial charge on any atom is 0.278 e. The molecule has 0 fully saturated rings. The molecule has 0 spiro atoms. The molecule has 2 aromatic heterocycles. The van der Waals surface area contributed by atoms with Crippen molar-refractivity contribution in [3.05, 3.63) is 58.5 Å². The molecule has 4 rings (SSSR count). The van der Waals surface area contributed by atoms with Crippen LogP contribution >= 0.6 is 11.6 Å². The topological polar surface area (TPSA) is 69.9 Å². The number of halogens is 2. The Hall–Kier alpha value is -3.06. The number of benzene rings is 2. The minimum atomic E-state index is -0.601. The van der Waals surface area contributed by atoms with E-state index >= 15 is 0 Å². The summed E-state index contributed by atoms with van der Waals surface area (Å²) in [6.07, 6.45) is 0. The summed E-state index contributed by atoms with van der Waals surface area (Å²) in [6, 6.07) is 9.26. The first-order valence-corrected chi connectivity index (χ1v) is 8.07. The third kappa shape index (κ3) is 2.48. The van der Waals surface area contributed by atoms with Crippen molar-refractivity contribution in [1.29, 1.82) is 0 Å². The second-order valence-corrected chi connectivity index (χ2v) is 6.12. The number of carbonyl (C=O) groups excluding carboxylic acids is 1. The van der Waals surface area contributed by atoms with Crippen LogP contribution in [0.15, 0.2) is 36.4 Å². The second kappa shape index (κ2) is 6.03. The normalized spacial score (nSPS) is 11.2. The van der Waals surface area contributed by atoms with Gasteiger partial charge in [0.1, 0.15) is 22.6 Å². The molecule has 0 radical (unpaired) electrons. The van der Waals surface area contributed by atoms with Crippen LogP contribution < -0.4 is 4.74 Å². The van der Waals surface area contributed by atoms with Gasteiger partial charge in [-0.05, 0) is 43.3 Å². The largest absolute Gasteiger partial charge is 0.497 e. The van der Waals surface area contributed by atoms with Gasteiger partial charge in [0.2, 0.25) is 0 Å². The van der Waals surface area contributed by atoms with Crippen molar-refractivity contribution in [2.45, 2.75) is 6.92 Å². The van der Waals surface area contributed by atoms with Gasteiger partial charge in [-0.25, -0.2) is 4.39 Å². The Balaban J connectivity index is 1.98. The summed E-state index contributed by atoms with van der Waals surface area (Å²) in [5, 5.41) is 12.8. The molecule has 0 saturated carbocycles. The van der Waals surface area contributed by atoms with Gasteiger partial charge >= 0.3 is 0 Å². The Morgan fingerprint density at radius 2 is 1.92 bits per heavy atom. The summed E-state index contributed by atoms with van der Waals surface area (Å²) in [7, 11) is 1.55. The third-order valence-electron chi connectivity index (χ3n) is 4.11. The van der Waals surface area contributed by atoms with Crippen molar-refractivity contribution in [2.24, 2.45) is 0 Å². The lowest BCUT2D eigenvalue weighted by atomic mass is 10.1. The number of aryl methyl sites for hydroxylation is 1. The van der Waals surface area contributed by atoms with Crippen LogP contribution in [0.3, 0.4) is 0 Å². The zero-order chi connectivity index (χ0) is 18.4. The lowest BCUT2D eigenvalue weighted by molar-refractivity contribution is 0.0950. The van der Waals surface area contributed by atoms with Crippen molar-refractivity contribution >= 4 is 39.4 Å². The molecule has 0 saturated heterocycles. The first kappa shape index (κ1) is 16.4. The predicted molar refractivity (Wildman–Crippen MR) is 95.3 cm³/mol. The molecule has 26 heavy (non-hydrogen) atoms. The summed E-state index contributed by atoms with van der Waals surface area (Å²) in [5.74, 6) is -0.331. The summed E-state index contributed by atoms with van der Waals surface area (Å²) in [4.78, 5) is 13.0. The Labute approximate surface area is 152 Å². The van der Waals surface area contributed by atoms with E-state index in [9.17, 15) is 9.18 Å². The fraction of sp³-hybridized carbons (Fsp3) is 0.111. The molecule has 0 N–H and O–H groups in total. The van der Waals surface area contributed by atoms with Crippen molar-refractivity contribution in [1.82, 2.24) is 20.0 Å². The highest BCUT2D eigenvalue weighted by Gasteiger charge is 2.20. The van der Waals surface area contributed by atoms with E-state index in [0.717, 1.165) is 0 Å². The van der Waals surface area contributed by atoms with Crippen LogP contribution in [0.1, 0.15) is 16.1 Å². The van der Waals surface area contributed by atoms with Crippen LogP contribution in [0, 0.1) is 12.7 Å². The Morgan fingerprint density at radius 3 is 2.62 bits per heavy atom. The van der Waals surface area contributed by atoms with Gasteiger partial charge in [-0.1, -0.05) is 11.6 Å². The zero-order valence-corrected chi connectivity index (χ0v) is 14.6. The van der Waals surface area contributed by atoms with Gasteiger partial charge in [0, 0.05) is 10.9 Å². The summed E-state index contributed by atoms with van der Waals surface area (Å²) < 4.78 is 20.3. The van der Waals surface area contributed by atoms with Gasteiger partial charge < -0.3 is 4.74 Å². The van der Waals surface area contributed by atoms with Crippen molar-refractivity contribution in [3.63, 3.8) is 0 Å². The first-order valence-electron chi connectivity index (χ1n) is 7.69. The minimum Gasteiger partial charge on any atom is -0.497 e. The van der Waals surface area contributed by atoms with E-state index in [-0.39, 0.29) is 10.9 Å². The maximum absolute atomic E-state index is 14.0. The highest BCUT2D eigenvalue weighted by molar-refractivity contribution is 6.31. The molecular weight excluding hydrogens is 359 g/mol. The Kier molecular flexibility index (Phi) is 3.81.